The van der Waals surface area contributed by atoms with Gasteiger partial charge in [0.25, 0.3) is 5.91 Å². The number of amides is 1. The molecule has 1 aromatic heterocycles. The topological polar surface area (TPSA) is 114 Å². The number of carboxylic acids is 1. The molecule has 2 heterocycles. The van der Waals surface area contributed by atoms with Gasteiger partial charge in [-0.3, -0.25) is 9.48 Å². The van der Waals surface area contributed by atoms with Gasteiger partial charge in [-0.2, -0.15) is 0 Å². The molecular formula is C12H19N5O3S. The summed E-state index contributed by atoms with van der Waals surface area (Å²) >= 11 is 1.50. The Bertz CT molecular complexity index is 521. The third kappa shape index (κ3) is 3.35. The monoisotopic (exact) mass is 313 g/mol. The van der Waals surface area contributed by atoms with Gasteiger partial charge in [0, 0.05) is 12.3 Å². The minimum atomic E-state index is -0.983. The van der Waals surface area contributed by atoms with Gasteiger partial charge in [0.1, 0.15) is 6.04 Å². The zero-order valence-corrected chi connectivity index (χ0v) is 12.6. The minimum Gasteiger partial charge on any atom is -0.480 e. The van der Waals surface area contributed by atoms with Crippen LogP contribution >= 0.6 is 11.8 Å². The standard InChI is InChI=1S/C12H19N5O3S/c1-2-3-10-17(9(7-21-10)12(19)20)11(18)8-6-16(5-4-13)15-14-8/h6,9-10H,2-5,7,13H2,1H3,(H,19,20). The zero-order valence-electron chi connectivity index (χ0n) is 11.8. The summed E-state index contributed by atoms with van der Waals surface area (Å²) in [5.74, 6) is -0.958. The predicted octanol–water partition coefficient (Wildman–Crippen LogP) is 0.00520. The molecule has 0 radical (unpaired) electrons. The van der Waals surface area contributed by atoms with Crippen molar-refractivity contribution < 1.29 is 14.7 Å². The third-order valence-electron chi connectivity index (χ3n) is 3.26. The van der Waals surface area contributed by atoms with E-state index in [0.717, 1.165) is 12.8 Å². The van der Waals surface area contributed by atoms with E-state index < -0.39 is 12.0 Å². The van der Waals surface area contributed by atoms with Crippen molar-refractivity contribution >= 4 is 23.6 Å². The van der Waals surface area contributed by atoms with Gasteiger partial charge in [-0.05, 0) is 6.42 Å². The third-order valence-corrected chi connectivity index (χ3v) is 4.62. The van der Waals surface area contributed by atoms with E-state index in [1.807, 2.05) is 6.92 Å². The Morgan fingerprint density at radius 3 is 2.95 bits per heavy atom. The molecule has 2 rings (SSSR count). The summed E-state index contributed by atoms with van der Waals surface area (Å²) in [6.45, 7) is 2.87. The first-order chi connectivity index (χ1) is 10.1. The molecule has 1 aliphatic heterocycles. The average molecular weight is 313 g/mol. The lowest BCUT2D eigenvalue weighted by molar-refractivity contribution is -0.141. The molecule has 0 saturated carbocycles. The first kappa shape index (κ1) is 15.8. The summed E-state index contributed by atoms with van der Waals surface area (Å²) in [5, 5.41) is 16.8. The van der Waals surface area contributed by atoms with Crippen molar-refractivity contribution in [2.45, 2.75) is 37.7 Å². The molecule has 8 nitrogen and oxygen atoms in total. The molecule has 1 aliphatic rings. The Morgan fingerprint density at radius 2 is 2.33 bits per heavy atom. The summed E-state index contributed by atoms with van der Waals surface area (Å²) in [7, 11) is 0. The summed E-state index contributed by atoms with van der Waals surface area (Å²) in [6.07, 6.45) is 3.16. The van der Waals surface area contributed by atoms with Crippen molar-refractivity contribution in [2.24, 2.45) is 5.73 Å². The first-order valence-electron chi connectivity index (χ1n) is 6.85. The smallest absolute Gasteiger partial charge is 0.327 e. The minimum absolute atomic E-state index is 0.122. The number of carboxylic acid groups (broad SMARTS) is 1. The highest BCUT2D eigenvalue weighted by Gasteiger charge is 2.42. The Balaban J connectivity index is 2.21. The molecule has 2 atom stereocenters. The van der Waals surface area contributed by atoms with E-state index in [0.29, 0.717) is 18.8 Å². The van der Waals surface area contributed by atoms with E-state index >= 15 is 0 Å². The quantitative estimate of drug-likeness (QED) is 0.760. The number of aromatic nitrogens is 3. The molecule has 3 N–H and O–H groups in total. The van der Waals surface area contributed by atoms with E-state index in [2.05, 4.69) is 10.3 Å². The Hall–Kier alpha value is -1.61. The molecule has 1 amide bonds. The van der Waals surface area contributed by atoms with Crippen LogP contribution in [0.3, 0.4) is 0 Å². The van der Waals surface area contributed by atoms with Crippen molar-refractivity contribution in [3.05, 3.63) is 11.9 Å². The van der Waals surface area contributed by atoms with Crippen LogP contribution in [0.5, 0.6) is 0 Å². The summed E-state index contributed by atoms with van der Waals surface area (Å²) < 4.78 is 1.49. The molecule has 1 fully saturated rings. The highest BCUT2D eigenvalue weighted by atomic mass is 32.2. The van der Waals surface area contributed by atoms with Crippen LogP contribution in [0, 0.1) is 0 Å². The van der Waals surface area contributed by atoms with Gasteiger partial charge in [0.2, 0.25) is 0 Å². The van der Waals surface area contributed by atoms with Gasteiger partial charge < -0.3 is 15.7 Å². The summed E-state index contributed by atoms with van der Waals surface area (Å²) in [5.41, 5.74) is 5.59. The number of hydrogen-bond acceptors (Lipinski definition) is 6. The fraction of sp³-hybridized carbons (Fsp3) is 0.667. The van der Waals surface area contributed by atoms with Crippen molar-refractivity contribution in [1.29, 1.82) is 0 Å². The zero-order chi connectivity index (χ0) is 15.4. The number of thioether (sulfide) groups is 1. The number of nitrogens with two attached hydrogens (primary N) is 1. The second-order valence-electron chi connectivity index (χ2n) is 4.80. The lowest BCUT2D eigenvalue weighted by atomic mass is 10.2. The number of hydrogen-bond donors (Lipinski definition) is 2. The van der Waals surface area contributed by atoms with E-state index in [1.165, 1.54) is 27.5 Å². The van der Waals surface area contributed by atoms with Crippen molar-refractivity contribution in [3.8, 4) is 0 Å². The maximum atomic E-state index is 12.6. The lowest BCUT2D eigenvalue weighted by Gasteiger charge is -2.26. The molecule has 116 valence electrons. The number of carbonyl (C=O) groups excluding carboxylic acids is 1. The van der Waals surface area contributed by atoms with Crippen LogP contribution in [0.25, 0.3) is 0 Å². The SMILES string of the molecule is CCCC1SCC(C(=O)O)N1C(=O)c1cn(CCN)nn1. The molecule has 0 aliphatic carbocycles. The largest absolute Gasteiger partial charge is 0.480 e. The Labute approximate surface area is 126 Å². The average Bonchev–Trinajstić information content (AvgIpc) is 3.06. The number of rotatable bonds is 6. The van der Waals surface area contributed by atoms with Crippen molar-refractivity contribution in [3.63, 3.8) is 0 Å². The highest BCUT2D eigenvalue weighted by molar-refractivity contribution is 8.00. The number of aliphatic carboxylic acids is 1. The van der Waals surface area contributed by atoms with Gasteiger partial charge in [-0.25, -0.2) is 4.79 Å². The van der Waals surface area contributed by atoms with Crippen LogP contribution in [0.2, 0.25) is 0 Å². The Kier molecular flexibility index (Phi) is 5.18. The van der Waals surface area contributed by atoms with Crippen LogP contribution < -0.4 is 5.73 Å². The van der Waals surface area contributed by atoms with Crippen LogP contribution in [-0.4, -0.2) is 60.6 Å². The second-order valence-corrected chi connectivity index (χ2v) is 6.01. The fourth-order valence-electron chi connectivity index (χ4n) is 2.27. The van der Waals surface area contributed by atoms with Crippen LogP contribution in [0.1, 0.15) is 30.3 Å². The van der Waals surface area contributed by atoms with Crippen LogP contribution in [-0.2, 0) is 11.3 Å². The van der Waals surface area contributed by atoms with E-state index in [1.54, 1.807) is 0 Å². The molecule has 0 spiro atoms. The van der Waals surface area contributed by atoms with Crippen LogP contribution in [0.4, 0.5) is 0 Å². The van der Waals surface area contributed by atoms with Crippen molar-refractivity contribution in [2.75, 3.05) is 12.3 Å². The predicted molar refractivity (Wildman–Crippen MR) is 77.8 cm³/mol. The van der Waals surface area contributed by atoms with Crippen molar-refractivity contribution in [1.82, 2.24) is 19.9 Å². The maximum Gasteiger partial charge on any atom is 0.327 e. The first-order valence-corrected chi connectivity index (χ1v) is 7.90. The fourth-order valence-corrected chi connectivity index (χ4v) is 3.78. The maximum absolute atomic E-state index is 12.6. The second kappa shape index (κ2) is 6.90. The number of carbonyl (C=O) groups is 2. The normalized spacial score (nSPS) is 21.7. The highest BCUT2D eigenvalue weighted by Crippen LogP contribution is 2.33. The van der Waals surface area contributed by atoms with Gasteiger partial charge in [-0.15, -0.1) is 16.9 Å². The molecular weight excluding hydrogens is 294 g/mol. The molecule has 0 aromatic carbocycles. The molecule has 1 saturated heterocycles. The van der Waals surface area contributed by atoms with Gasteiger partial charge in [0.15, 0.2) is 5.69 Å². The Morgan fingerprint density at radius 1 is 1.57 bits per heavy atom. The molecule has 21 heavy (non-hydrogen) atoms. The number of nitrogens with zero attached hydrogens (tertiary/aromatic N) is 4. The van der Waals surface area contributed by atoms with Gasteiger partial charge in [-0.1, -0.05) is 18.6 Å². The van der Waals surface area contributed by atoms with Crippen LogP contribution in [0.15, 0.2) is 6.20 Å². The van der Waals surface area contributed by atoms with E-state index in [9.17, 15) is 14.7 Å². The summed E-state index contributed by atoms with van der Waals surface area (Å²) in [4.78, 5) is 25.3. The molecule has 1 aromatic rings. The molecule has 0 bridgehead atoms. The molecule has 2 unspecified atom stereocenters. The van der Waals surface area contributed by atoms with E-state index in [4.69, 9.17) is 5.73 Å². The van der Waals surface area contributed by atoms with E-state index in [-0.39, 0.29) is 17.0 Å². The summed E-state index contributed by atoms with van der Waals surface area (Å²) in [6, 6.07) is -0.807. The van der Waals surface area contributed by atoms with Gasteiger partial charge in [0.05, 0.1) is 18.1 Å². The van der Waals surface area contributed by atoms with Gasteiger partial charge >= 0.3 is 5.97 Å². The molecule has 9 heteroatoms. The lowest BCUT2D eigenvalue weighted by Crippen LogP contribution is -2.45.